The van der Waals surface area contributed by atoms with E-state index in [-0.39, 0.29) is 17.5 Å². The summed E-state index contributed by atoms with van der Waals surface area (Å²) in [5, 5.41) is 0. The fourth-order valence-corrected chi connectivity index (χ4v) is 2.95. The molecule has 0 fully saturated rings. The van der Waals surface area contributed by atoms with Gasteiger partial charge in [0.2, 0.25) is 0 Å². The molecule has 3 aromatic rings. The summed E-state index contributed by atoms with van der Waals surface area (Å²) in [7, 11) is 1.74. The first kappa shape index (κ1) is 20.3. The third-order valence-electron chi connectivity index (χ3n) is 4.52. The molecule has 4 nitrogen and oxygen atoms in total. The third-order valence-corrected chi connectivity index (χ3v) is 4.52. The van der Waals surface area contributed by atoms with Crippen LogP contribution in [0.25, 0.3) is 0 Å². The van der Waals surface area contributed by atoms with Gasteiger partial charge in [0.05, 0.1) is 0 Å². The van der Waals surface area contributed by atoms with Gasteiger partial charge >= 0.3 is 0 Å². The van der Waals surface area contributed by atoms with Crippen molar-refractivity contribution in [2.24, 2.45) is 0 Å². The van der Waals surface area contributed by atoms with Gasteiger partial charge in [0.25, 0.3) is 5.91 Å². The maximum Gasteiger partial charge on any atom is 0.263 e. The molecule has 3 rings (SSSR count). The monoisotopic (exact) mass is 391 g/mol. The van der Waals surface area contributed by atoms with Gasteiger partial charge in [-0.15, -0.1) is 0 Å². The highest BCUT2D eigenvalue weighted by Gasteiger charge is 2.19. The lowest BCUT2D eigenvalue weighted by molar-refractivity contribution is -0.137. The molecule has 0 aromatic heterocycles. The molecule has 1 atom stereocenters. The molecule has 148 valence electrons. The van der Waals surface area contributed by atoms with E-state index < -0.39 is 6.10 Å². The van der Waals surface area contributed by atoms with E-state index in [4.69, 9.17) is 4.74 Å². The number of rotatable bonds is 7. The average molecular weight is 391 g/mol. The van der Waals surface area contributed by atoms with Crippen LogP contribution in [0, 0.1) is 5.82 Å². The summed E-state index contributed by atoms with van der Waals surface area (Å²) in [6.45, 7) is 2.19. The molecule has 0 saturated carbocycles. The standard InChI is InChI=1S/C24H22FNO3/c1-17(24(28)26(2)16-18-6-4-3-5-7-18)29-22-14-10-20(11-15-22)23(27)19-8-12-21(25)13-9-19/h3-15,17H,16H2,1-2H3/t17-/m0/s1. The normalized spacial score (nSPS) is 11.6. The number of halogens is 1. The number of benzene rings is 3. The highest BCUT2D eigenvalue weighted by Crippen LogP contribution is 2.18. The van der Waals surface area contributed by atoms with Gasteiger partial charge in [-0.25, -0.2) is 4.39 Å². The number of ether oxygens (including phenoxy) is 1. The molecule has 0 aliphatic rings. The zero-order valence-corrected chi connectivity index (χ0v) is 16.3. The van der Waals surface area contributed by atoms with Crippen molar-refractivity contribution >= 4 is 11.7 Å². The van der Waals surface area contributed by atoms with Crippen LogP contribution in [0.4, 0.5) is 4.39 Å². The van der Waals surface area contributed by atoms with Crippen molar-refractivity contribution in [3.8, 4) is 5.75 Å². The molecule has 0 bridgehead atoms. The van der Waals surface area contributed by atoms with E-state index in [0.29, 0.717) is 23.4 Å². The number of ketones is 1. The number of likely N-dealkylation sites (N-methyl/N-ethyl adjacent to an activating group) is 1. The lowest BCUT2D eigenvalue weighted by Gasteiger charge is -2.22. The van der Waals surface area contributed by atoms with Crippen molar-refractivity contribution in [2.75, 3.05) is 7.05 Å². The molecule has 0 radical (unpaired) electrons. The number of nitrogens with zero attached hydrogens (tertiary/aromatic N) is 1. The van der Waals surface area contributed by atoms with E-state index in [1.54, 1.807) is 43.1 Å². The minimum Gasteiger partial charge on any atom is -0.481 e. The van der Waals surface area contributed by atoms with Crippen LogP contribution >= 0.6 is 0 Å². The van der Waals surface area contributed by atoms with Crippen molar-refractivity contribution in [3.63, 3.8) is 0 Å². The Hall–Kier alpha value is -3.47. The molecule has 29 heavy (non-hydrogen) atoms. The Morgan fingerprint density at radius 3 is 2.03 bits per heavy atom. The smallest absolute Gasteiger partial charge is 0.263 e. The van der Waals surface area contributed by atoms with Crippen molar-refractivity contribution < 1.29 is 18.7 Å². The molecule has 0 unspecified atom stereocenters. The molecule has 0 spiro atoms. The molecule has 0 N–H and O–H groups in total. The van der Waals surface area contributed by atoms with Crippen LogP contribution in [-0.2, 0) is 11.3 Å². The van der Waals surface area contributed by atoms with E-state index in [2.05, 4.69) is 0 Å². The second-order valence-corrected chi connectivity index (χ2v) is 6.80. The Balaban J connectivity index is 1.60. The first-order chi connectivity index (χ1) is 13.9. The zero-order chi connectivity index (χ0) is 20.8. The Kier molecular flexibility index (Phi) is 6.39. The predicted octanol–water partition coefficient (Wildman–Crippen LogP) is 4.48. The number of hydrogen-bond donors (Lipinski definition) is 0. The Morgan fingerprint density at radius 2 is 1.45 bits per heavy atom. The number of carbonyl (C=O) groups is 2. The van der Waals surface area contributed by atoms with Gasteiger partial charge in [-0.3, -0.25) is 9.59 Å². The van der Waals surface area contributed by atoms with Crippen LogP contribution < -0.4 is 4.74 Å². The molecule has 0 aliphatic heterocycles. The van der Waals surface area contributed by atoms with Gasteiger partial charge in [0.15, 0.2) is 11.9 Å². The molecule has 3 aromatic carbocycles. The van der Waals surface area contributed by atoms with Crippen LogP contribution in [0.5, 0.6) is 5.75 Å². The minimum atomic E-state index is -0.664. The summed E-state index contributed by atoms with van der Waals surface area (Å²) in [4.78, 5) is 26.6. The van der Waals surface area contributed by atoms with Crippen LogP contribution in [0.3, 0.4) is 0 Å². The summed E-state index contributed by atoms with van der Waals surface area (Å²) in [6, 6.07) is 21.7. The predicted molar refractivity (Wildman–Crippen MR) is 109 cm³/mol. The van der Waals surface area contributed by atoms with Gasteiger partial charge < -0.3 is 9.64 Å². The SMILES string of the molecule is C[C@H](Oc1ccc(C(=O)c2ccc(F)cc2)cc1)C(=O)N(C)Cc1ccccc1. The first-order valence-electron chi connectivity index (χ1n) is 9.30. The molecule has 0 saturated heterocycles. The number of amides is 1. The molecular formula is C24H22FNO3. The van der Waals surface area contributed by atoms with Crippen molar-refractivity contribution in [1.82, 2.24) is 4.90 Å². The number of carbonyl (C=O) groups excluding carboxylic acids is 2. The minimum absolute atomic E-state index is 0.139. The summed E-state index contributed by atoms with van der Waals surface area (Å²) in [5.41, 5.74) is 1.91. The third kappa shape index (κ3) is 5.29. The highest BCUT2D eigenvalue weighted by molar-refractivity contribution is 6.09. The summed E-state index contributed by atoms with van der Waals surface area (Å²) in [6.07, 6.45) is -0.664. The van der Waals surface area contributed by atoms with Crippen LogP contribution in [0.15, 0.2) is 78.9 Å². The Labute approximate surface area is 169 Å². The molecule has 0 aliphatic carbocycles. The molecule has 5 heteroatoms. The van der Waals surface area contributed by atoms with Crippen LogP contribution in [0.1, 0.15) is 28.4 Å². The van der Waals surface area contributed by atoms with E-state index in [1.165, 1.54) is 24.3 Å². The topological polar surface area (TPSA) is 46.6 Å². The van der Waals surface area contributed by atoms with Crippen molar-refractivity contribution in [3.05, 3.63) is 101 Å². The van der Waals surface area contributed by atoms with Gasteiger partial charge in [-0.1, -0.05) is 30.3 Å². The summed E-state index contributed by atoms with van der Waals surface area (Å²) < 4.78 is 18.8. The van der Waals surface area contributed by atoms with Gasteiger partial charge in [-0.05, 0) is 61.0 Å². The highest BCUT2D eigenvalue weighted by atomic mass is 19.1. The maximum absolute atomic E-state index is 13.0. The van der Waals surface area contributed by atoms with Gasteiger partial charge in [-0.2, -0.15) is 0 Å². The van der Waals surface area contributed by atoms with E-state index in [1.807, 2.05) is 30.3 Å². The van der Waals surface area contributed by atoms with Crippen LogP contribution in [-0.4, -0.2) is 29.7 Å². The first-order valence-corrected chi connectivity index (χ1v) is 9.30. The van der Waals surface area contributed by atoms with Crippen molar-refractivity contribution in [1.29, 1.82) is 0 Å². The second kappa shape index (κ2) is 9.15. The summed E-state index contributed by atoms with van der Waals surface area (Å²) >= 11 is 0. The number of hydrogen-bond acceptors (Lipinski definition) is 3. The quantitative estimate of drug-likeness (QED) is 0.558. The average Bonchev–Trinajstić information content (AvgIpc) is 2.74. The largest absolute Gasteiger partial charge is 0.481 e. The molecular weight excluding hydrogens is 369 g/mol. The van der Waals surface area contributed by atoms with E-state index >= 15 is 0 Å². The van der Waals surface area contributed by atoms with E-state index in [0.717, 1.165) is 5.56 Å². The van der Waals surface area contributed by atoms with Crippen LogP contribution in [0.2, 0.25) is 0 Å². The fourth-order valence-electron chi connectivity index (χ4n) is 2.95. The van der Waals surface area contributed by atoms with Gasteiger partial charge in [0.1, 0.15) is 11.6 Å². The zero-order valence-electron chi connectivity index (χ0n) is 16.3. The fraction of sp³-hybridized carbons (Fsp3) is 0.167. The lowest BCUT2D eigenvalue weighted by atomic mass is 10.0. The second-order valence-electron chi connectivity index (χ2n) is 6.80. The molecule has 0 heterocycles. The molecule has 1 amide bonds. The lowest BCUT2D eigenvalue weighted by Crippen LogP contribution is -2.37. The van der Waals surface area contributed by atoms with E-state index in [9.17, 15) is 14.0 Å². The van der Waals surface area contributed by atoms with Crippen molar-refractivity contribution in [2.45, 2.75) is 19.6 Å². The summed E-state index contributed by atoms with van der Waals surface area (Å²) in [5.74, 6) is -0.237. The Bertz CT molecular complexity index is 969. The Morgan fingerprint density at radius 1 is 0.897 bits per heavy atom. The maximum atomic E-state index is 13.0. The van der Waals surface area contributed by atoms with Gasteiger partial charge in [0, 0.05) is 24.7 Å².